The highest BCUT2D eigenvalue weighted by atomic mass is 32.1. The molecule has 2 aromatic heterocycles. The van der Waals surface area contributed by atoms with Gasteiger partial charge in [-0.3, -0.25) is 0 Å². The maximum Gasteiger partial charge on any atom is 0.137 e. The molecule has 0 aliphatic heterocycles. The standard InChI is InChI=1S/C48H32N2OS/c1-4-14-33(15-5-1)34-26-28-37(29-27-34)50(38-30-31-40-39-20-10-11-25-45(39)52-46(40)32-38)42-22-13-24-44-48(42)47-41(21-12-23-43(47)51-44)49(35-16-6-2-7-17-35)36-18-8-3-9-19-36/h1-32H. The third kappa shape index (κ3) is 5.12. The van der Waals surface area contributed by atoms with Crippen LogP contribution in [0.1, 0.15) is 0 Å². The maximum atomic E-state index is 6.71. The first-order chi connectivity index (χ1) is 25.8. The van der Waals surface area contributed by atoms with Crippen LogP contribution in [0.3, 0.4) is 0 Å². The van der Waals surface area contributed by atoms with E-state index < -0.39 is 0 Å². The molecule has 0 atom stereocenters. The lowest BCUT2D eigenvalue weighted by molar-refractivity contribution is 0.669. The number of benzene rings is 8. The summed E-state index contributed by atoms with van der Waals surface area (Å²) in [6.45, 7) is 0. The Labute approximate surface area is 305 Å². The van der Waals surface area contributed by atoms with Crippen molar-refractivity contribution >= 4 is 87.6 Å². The first-order valence-corrected chi connectivity index (χ1v) is 18.3. The Morgan fingerprint density at radius 3 is 1.46 bits per heavy atom. The zero-order chi connectivity index (χ0) is 34.4. The van der Waals surface area contributed by atoms with Crippen molar-refractivity contribution < 1.29 is 4.42 Å². The van der Waals surface area contributed by atoms with Crippen LogP contribution in [0.5, 0.6) is 0 Å². The maximum absolute atomic E-state index is 6.71. The smallest absolute Gasteiger partial charge is 0.137 e. The molecule has 246 valence electrons. The van der Waals surface area contributed by atoms with Gasteiger partial charge in [0.1, 0.15) is 11.2 Å². The molecule has 0 fully saturated rings. The molecule has 3 nitrogen and oxygen atoms in total. The van der Waals surface area contributed by atoms with Gasteiger partial charge in [-0.25, -0.2) is 0 Å². The van der Waals surface area contributed by atoms with E-state index in [9.17, 15) is 0 Å². The second-order valence-electron chi connectivity index (χ2n) is 12.9. The highest BCUT2D eigenvalue weighted by Crippen LogP contribution is 2.49. The van der Waals surface area contributed by atoms with E-state index in [0.29, 0.717) is 0 Å². The second kappa shape index (κ2) is 12.6. The van der Waals surface area contributed by atoms with Gasteiger partial charge < -0.3 is 14.2 Å². The molecular weight excluding hydrogens is 653 g/mol. The molecule has 2 heterocycles. The van der Waals surface area contributed by atoms with Crippen LogP contribution < -0.4 is 9.80 Å². The van der Waals surface area contributed by atoms with Gasteiger partial charge >= 0.3 is 0 Å². The fourth-order valence-corrected chi connectivity index (χ4v) is 8.64. The lowest BCUT2D eigenvalue weighted by Crippen LogP contribution is -2.11. The molecule has 0 bridgehead atoms. The predicted octanol–water partition coefficient (Wildman–Crippen LogP) is 14.6. The zero-order valence-electron chi connectivity index (χ0n) is 28.2. The molecule has 4 heteroatoms. The Morgan fingerprint density at radius 2 is 0.827 bits per heavy atom. The van der Waals surface area contributed by atoms with Crippen molar-refractivity contribution in [2.24, 2.45) is 0 Å². The molecule has 0 aliphatic carbocycles. The molecule has 52 heavy (non-hydrogen) atoms. The number of furan rings is 1. The molecule has 0 unspecified atom stereocenters. The molecule has 10 rings (SSSR count). The number of rotatable bonds is 7. The van der Waals surface area contributed by atoms with Gasteiger partial charge in [-0.1, -0.05) is 115 Å². The summed E-state index contributed by atoms with van der Waals surface area (Å²) in [5.74, 6) is 0. The quantitative estimate of drug-likeness (QED) is 0.167. The van der Waals surface area contributed by atoms with Crippen LogP contribution in [0.25, 0.3) is 53.2 Å². The fraction of sp³-hybridized carbons (Fsp3) is 0. The van der Waals surface area contributed by atoms with Crippen molar-refractivity contribution in [3.63, 3.8) is 0 Å². The summed E-state index contributed by atoms with van der Waals surface area (Å²) in [6, 6.07) is 69.0. The van der Waals surface area contributed by atoms with Gasteiger partial charge in [0.05, 0.1) is 22.1 Å². The van der Waals surface area contributed by atoms with E-state index in [2.05, 4.69) is 204 Å². The van der Waals surface area contributed by atoms with Gasteiger partial charge in [0.15, 0.2) is 0 Å². The van der Waals surface area contributed by atoms with E-state index in [1.165, 1.54) is 31.3 Å². The lowest BCUT2D eigenvalue weighted by Gasteiger charge is -2.28. The van der Waals surface area contributed by atoms with Gasteiger partial charge in [0.25, 0.3) is 0 Å². The summed E-state index contributed by atoms with van der Waals surface area (Å²) >= 11 is 1.84. The monoisotopic (exact) mass is 684 g/mol. The number of hydrogen-bond donors (Lipinski definition) is 0. The normalized spacial score (nSPS) is 11.5. The molecule has 0 radical (unpaired) electrons. The minimum Gasteiger partial charge on any atom is -0.456 e. The second-order valence-corrected chi connectivity index (χ2v) is 14.0. The number of hydrogen-bond acceptors (Lipinski definition) is 4. The van der Waals surface area contributed by atoms with E-state index in [0.717, 1.165) is 56.1 Å². The first kappa shape index (κ1) is 30.2. The van der Waals surface area contributed by atoms with Gasteiger partial charge in [-0.15, -0.1) is 11.3 Å². The summed E-state index contributed by atoms with van der Waals surface area (Å²) in [4.78, 5) is 4.72. The molecule has 0 amide bonds. The predicted molar refractivity (Wildman–Crippen MR) is 221 cm³/mol. The van der Waals surface area contributed by atoms with Crippen molar-refractivity contribution in [1.82, 2.24) is 0 Å². The van der Waals surface area contributed by atoms with E-state index >= 15 is 0 Å². The largest absolute Gasteiger partial charge is 0.456 e. The first-order valence-electron chi connectivity index (χ1n) is 17.5. The van der Waals surface area contributed by atoms with Crippen molar-refractivity contribution in [2.75, 3.05) is 9.80 Å². The van der Waals surface area contributed by atoms with Crippen LogP contribution in [0.15, 0.2) is 199 Å². The molecule has 10 aromatic rings. The zero-order valence-corrected chi connectivity index (χ0v) is 29.0. The van der Waals surface area contributed by atoms with Crippen LogP contribution in [0.4, 0.5) is 34.1 Å². The summed E-state index contributed by atoms with van der Waals surface area (Å²) in [7, 11) is 0. The molecule has 0 saturated carbocycles. The van der Waals surface area contributed by atoms with E-state index in [4.69, 9.17) is 4.42 Å². The highest BCUT2D eigenvalue weighted by Gasteiger charge is 2.24. The van der Waals surface area contributed by atoms with Crippen molar-refractivity contribution in [3.8, 4) is 11.1 Å². The van der Waals surface area contributed by atoms with Crippen LogP contribution in [-0.4, -0.2) is 0 Å². The Bertz CT molecular complexity index is 2800. The van der Waals surface area contributed by atoms with Crippen LogP contribution in [0.2, 0.25) is 0 Å². The average molecular weight is 685 g/mol. The average Bonchev–Trinajstić information content (AvgIpc) is 3.79. The summed E-state index contributed by atoms with van der Waals surface area (Å²) < 4.78 is 9.27. The summed E-state index contributed by atoms with van der Waals surface area (Å²) in [5.41, 5.74) is 10.5. The van der Waals surface area contributed by atoms with Gasteiger partial charge in [-0.05, 0) is 90.0 Å². The fourth-order valence-electron chi connectivity index (χ4n) is 7.50. The topological polar surface area (TPSA) is 19.6 Å². The Morgan fingerprint density at radius 1 is 0.346 bits per heavy atom. The molecule has 8 aromatic carbocycles. The molecule has 0 saturated heterocycles. The number of anilines is 6. The van der Waals surface area contributed by atoms with E-state index in [1.54, 1.807) is 0 Å². The van der Waals surface area contributed by atoms with Crippen LogP contribution >= 0.6 is 11.3 Å². The van der Waals surface area contributed by atoms with Crippen LogP contribution in [0, 0.1) is 0 Å². The van der Waals surface area contributed by atoms with Crippen LogP contribution in [-0.2, 0) is 0 Å². The Hall–Kier alpha value is -6.62. The summed E-state index contributed by atoms with van der Waals surface area (Å²) in [6.07, 6.45) is 0. The van der Waals surface area contributed by atoms with Crippen molar-refractivity contribution in [3.05, 3.63) is 194 Å². The van der Waals surface area contributed by atoms with Crippen molar-refractivity contribution in [2.45, 2.75) is 0 Å². The molecule has 0 aliphatic rings. The molecular formula is C48H32N2OS. The number of para-hydroxylation sites is 2. The molecule has 0 N–H and O–H groups in total. The number of nitrogens with zero attached hydrogens (tertiary/aromatic N) is 2. The third-order valence-corrected chi connectivity index (χ3v) is 11.0. The summed E-state index contributed by atoms with van der Waals surface area (Å²) in [5, 5.41) is 4.70. The van der Waals surface area contributed by atoms with Crippen molar-refractivity contribution in [1.29, 1.82) is 0 Å². The Balaban J connectivity index is 1.24. The van der Waals surface area contributed by atoms with E-state index in [-0.39, 0.29) is 0 Å². The van der Waals surface area contributed by atoms with E-state index in [1.807, 2.05) is 11.3 Å². The third-order valence-electron chi connectivity index (χ3n) is 9.84. The minimum atomic E-state index is 0.842. The van der Waals surface area contributed by atoms with Gasteiger partial charge in [0.2, 0.25) is 0 Å². The number of thiophene rings is 1. The van der Waals surface area contributed by atoms with Gasteiger partial charge in [-0.2, -0.15) is 0 Å². The lowest BCUT2D eigenvalue weighted by atomic mass is 10.0. The molecule has 0 spiro atoms. The number of fused-ring (bicyclic) bond motifs is 6. The SMILES string of the molecule is c1ccc(-c2ccc(N(c3ccc4c(c3)sc3ccccc34)c3cccc4oc5cccc(N(c6ccccc6)c6ccccc6)c5c34)cc2)cc1. The minimum absolute atomic E-state index is 0.842. The highest BCUT2D eigenvalue weighted by molar-refractivity contribution is 7.25. The van der Waals surface area contributed by atoms with Gasteiger partial charge in [0, 0.05) is 42.9 Å². The Kier molecular flexibility index (Phi) is 7.33.